The Balaban J connectivity index is 2.26. The van der Waals surface area contributed by atoms with Crippen LogP contribution in [0.2, 0.25) is 0 Å². The van der Waals surface area contributed by atoms with Crippen molar-refractivity contribution in [2.75, 3.05) is 19.6 Å². The molecule has 0 spiro atoms. The Kier molecular flexibility index (Phi) is 4.24. The number of hydrogen-bond acceptors (Lipinski definition) is 2. The summed E-state index contributed by atoms with van der Waals surface area (Å²) in [7, 11) is 0. The van der Waals surface area contributed by atoms with Gasteiger partial charge in [0.2, 0.25) is 0 Å². The van der Waals surface area contributed by atoms with Gasteiger partial charge < -0.3 is 4.90 Å². The molecule has 1 aliphatic rings. The van der Waals surface area contributed by atoms with Crippen LogP contribution >= 0.6 is 0 Å². The lowest BCUT2D eigenvalue weighted by atomic mass is 9.98. The highest BCUT2D eigenvalue weighted by atomic mass is 15.1. The highest BCUT2D eigenvalue weighted by molar-refractivity contribution is 4.85. The first-order valence-electron chi connectivity index (χ1n) is 5.38. The lowest BCUT2D eigenvalue weighted by Gasteiger charge is -2.31. The normalized spacial score (nSPS) is 22.5. The molecule has 1 unspecified atom stereocenters. The Hall–Kier alpha value is -0.550. The van der Waals surface area contributed by atoms with Crippen molar-refractivity contribution in [3.8, 4) is 6.07 Å². The van der Waals surface area contributed by atoms with Crippen molar-refractivity contribution < 1.29 is 0 Å². The third-order valence-electron chi connectivity index (χ3n) is 3.03. The zero-order valence-electron chi connectivity index (χ0n) is 8.79. The summed E-state index contributed by atoms with van der Waals surface area (Å²) in [6, 6.07) is 2.37. The second kappa shape index (κ2) is 5.24. The zero-order chi connectivity index (χ0) is 9.68. The van der Waals surface area contributed by atoms with Crippen LogP contribution in [0.1, 0.15) is 33.1 Å². The van der Waals surface area contributed by atoms with E-state index in [1.807, 2.05) is 0 Å². The van der Waals surface area contributed by atoms with Crippen molar-refractivity contribution in [1.82, 2.24) is 4.90 Å². The fourth-order valence-corrected chi connectivity index (χ4v) is 1.82. The summed E-state index contributed by atoms with van der Waals surface area (Å²) in [6.45, 7) is 7.79. The van der Waals surface area contributed by atoms with Gasteiger partial charge in [0.05, 0.1) is 12.0 Å². The Labute approximate surface area is 81.5 Å². The van der Waals surface area contributed by atoms with Gasteiger partial charge in [-0.15, -0.1) is 0 Å². The van der Waals surface area contributed by atoms with Crippen LogP contribution in [-0.2, 0) is 0 Å². The lowest BCUT2D eigenvalue weighted by molar-refractivity contribution is 0.177. The second-order valence-electron chi connectivity index (χ2n) is 4.22. The molecular formula is C11H20N2. The Morgan fingerprint density at radius 3 is 2.54 bits per heavy atom. The van der Waals surface area contributed by atoms with Gasteiger partial charge in [0.1, 0.15) is 0 Å². The van der Waals surface area contributed by atoms with Crippen LogP contribution in [-0.4, -0.2) is 24.5 Å². The van der Waals surface area contributed by atoms with E-state index in [9.17, 15) is 0 Å². The minimum atomic E-state index is 0.244. The molecule has 74 valence electrons. The van der Waals surface area contributed by atoms with Crippen LogP contribution in [0.5, 0.6) is 0 Å². The molecule has 1 heterocycles. The van der Waals surface area contributed by atoms with Crippen molar-refractivity contribution in [3.05, 3.63) is 0 Å². The molecule has 0 aliphatic carbocycles. The van der Waals surface area contributed by atoms with Crippen LogP contribution in [0.25, 0.3) is 0 Å². The molecule has 0 amide bonds. The van der Waals surface area contributed by atoms with Crippen LogP contribution < -0.4 is 0 Å². The molecule has 1 rings (SSSR count). The van der Waals surface area contributed by atoms with Gasteiger partial charge in [0.25, 0.3) is 0 Å². The predicted molar refractivity (Wildman–Crippen MR) is 54.2 cm³/mol. The van der Waals surface area contributed by atoms with E-state index < -0.39 is 0 Å². The average Bonchev–Trinajstić information content (AvgIpc) is 2.17. The third-order valence-corrected chi connectivity index (χ3v) is 3.03. The Bertz CT molecular complexity index is 175. The molecule has 0 saturated carbocycles. The van der Waals surface area contributed by atoms with Crippen molar-refractivity contribution in [1.29, 1.82) is 5.26 Å². The van der Waals surface area contributed by atoms with Crippen LogP contribution in [0.4, 0.5) is 0 Å². The van der Waals surface area contributed by atoms with E-state index in [2.05, 4.69) is 24.8 Å². The summed E-state index contributed by atoms with van der Waals surface area (Å²) in [5.41, 5.74) is 0. The van der Waals surface area contributed by atoms with E-state index in [4.69, 9.17) is 5.26 Å². The summed E-state index contributed by atoms with van der Waals surface area (Å²) in [5.74, 6) is 1.13. The topological polar surface area (TPSA) is 27.0 Å². The number of likely N-dealkylation sites (tertiary alicyclic amines) is 1. The first-order chi connectivity index (χ1) is 6.26. The van der Waals surface area contributed by atoms with E-state index in [0.29, 0.717) is 0 Å². The van der Waals surface area contributed by atoms with Gasteiger partial charge in [-0.25, -0.2) is 0 Å². The van der Waals surface area contributed by atoms with E-state index in [-0.39, 0.29) is 5.92 Å². The molecule has 1 fully saturated rings. The Morgan fingerprint density at radius 2 is 2.08 bits per heavy atom. The molecule has 2 heteroatoms. The molecule has 0 radical (unpaired) electrons. The average molecular weight is 180 g/mol. The molecule has 2 nitrogen and oxygen atoms in total. The van der Waals surface area contributed by atoms with Gasteiger partial charge in [-0.05, 0) is 38.3 Å². The maximum absolute atomic E-state index is 8.83. The van der Waals surface area contributed by atoms with E-state index in [1.54, 1.807) is 0 Å². The highest BCUT2D eigenvalue weighted by Gasteiger charge is 2.17. The van der Waals surface area contributed by atoms with Crippen LogP contribution in [0.15, 0.2) is 0 Å². The maximum Gasteiger partial charge on any atom is 0.0669 e. The first-order valence-corrected chi connectivity index (χ1v) is 5.38. The summed E-state index contributed by atoms with van der Waals surface area (Å²) < 4.78 is 0. The smallest absolute Gasteiger partial charge is 0.0669 e. The fourth-order valence-electron chi connectivity index (χ4n) is 1.82. The number of piperidine rings is 1. The molecule has 13 heavy (non-hydrogen) atoms. The molecule has 0 N–H and O–H groups in total. The molecule has 0 aromatic carbocycles. The predicted octanol–water partition coefficient (Wildman–Crippen LogP) is 2.27. The van der Waals surface area contributed by atoms with E-state index in [0.717, 1.165) is 18.9 Å². The number of hydrogen-bond donors (Lipinski definition) is 0. The van der Waals surface area contributed by atoms with Gasteiger partial charge in [0.15, 0.2) is 0 Å². The van der Waals surface area contributed by atoms with Crippen molar-refractivity contribution in [2.24, 2.45) is 11.8 Å². The molecule has 1 aliphatic heterocycles. The van der Waals surface area contributed by atoms with Gasteiger partial charge in [0, 0.05) is 6.54 Å². The quantitative estimate of drug-likeness (QED) is 0.666. The van der Waals surface area contributed by atoms with Crippen LogP contribution in [0.3, 0.4) is 0 Å². The molecule has 0 aromatic rings. The van der Waals surface area contributed by atoms with E-state index in [1.165, 1.54) is 25.9 Å². The minimum absolute atomic E-state index is 0.244. The van der Waals surface area contributed by atoms with Crippen molar-refractivity contribution in [2.45, 2.75) is 33.1 Å². The summed E-state index contributed by atoms with van der Waals surface area (Å²) >= 11 is 0. The molecule has 0 aromatic heterocycles. The maximum atomic E-state index is 8.83. The highest BCUT2D eigenvalue weighted by Crippen LogP contribution is 2.17. The number of rotatable bonds is 3. The zero-order valence-corrected chi connectivity index (χ0v) is 8.79. The standard InChI is InChI=1S/C11H20N2/c1-3-11(8-12)9-13-6-4-10(2)5-7-13/h10-11H,3-7,9H2,1-2H3. The van der Waals surface area contributed by atoms with E-state index >= 15 is 0 Å². The first kappa shape index (κ1) is 10.5. The van der Waals surface area contributed by atoms with Gasteiger partial charge in [-0.2, -0.15) is 5.26 Å². The van der Waals surface area contributed by atoms with Crippen molar-refractivity contribution in [3.63, 3.8) is 0 Å². The summed E-state index contributed by atoms with van der Waals surface area (Å²) in [4.78, 5) is 2.44. The van der Waals surface area contributed by atoms with Crippen LogP contribution in [0, 0.1) is 23.2 Å². The third kappa shape index (κ3) is 3.36. The number of nitriles is 1. The number of nitrogens with zero attached hydrogens (tertiary/aromatic N) is 2. The molecule has 1 saturated heterocycles. The van der Waals surface area contributed by atoms with Gasteiger partial charge >= 0.3 is 0 Å². The van der Waals surface area contributed by atoms with Crippen molar-refractivity contribution >= 4 is 0 Å². The fraction of sp³-hybridized carbons (Fsp3) is 0.909. The summed E-state index contributed by atoms with van der Waals surface area (Å²) in [5, 5.41) is 8.83. The largest absolute Gasteiger partial charge is 0.302 e. The Morgan fingerprint density at radius 1 is 1.46 bits per heavy atom. The molecule has 1 atom stereocenters. The van der Waals surface area contributed by atoms with Gasteiger partial charge in [-0.3, -0.25) is 0 Å². The SMILES string of the molecule is CCC(C#N)CN1CCC(C)CC1. The monoisotopic (exact) mass is 180 g/mol. The summed E-state index contributed by atoms with van der Waals surface area (Å²) in [6.07, 6.45) is 3.60. The molecule has 0 bridgehead atoms. The lowest BCUT2D eigenvalue weighted by Crippen LogP contribution is -2.36. The van der Waals surface area contributed by atoms with Gasteiger partial charge in [-0.1, -0.05) is 13.8 Å². The minimum Gasteiger partial charge on any atom is -0.302 e. The second-order valence-corrected chi connectivity index (χ2v) is 4.22. The molecular weight excluding hydrogens is 160 g/mol.